The minimum atomic E-state index is 0.333. The summed E-state index contributed by atoms with van der Waals surface area (Å²) in [5, 5.41) is 3.27. The number of halogens is 1. The molecular weight excluding hydrogens is 226 g/mol. The van der Waals surface area contributed by atoms with E-state index in [1.54, 1.807) is 11.3 Å². The molecule has 1 rings (SSSR count). The molecule has 0 aliphatic carbocycles. The average molecular weight is 246 g/mol. The lowest BCUT2D eigenvalue weighted by Crippen LogP contribution is -2.31. The van der Waals surface area contributed by atoms with E-state index in [1.165, 1.54) is 4.88 Å². The summed E-state index contributed by atoms with van der Waals surface area (Å²) in [5.41, 5.74) is 0.333. The van der Waals surface area contributed by atoms with Crippen molar-refractivity contribution in [3.8, 4) is 0 Å². The molecule has 0 aromatic carbocycles. The van der Waals surface area contributed by atoms with Gasteiger partial charge < -0.3 is 5.32 Å². The zero-order valence-electron chi connectivity index (χ0n) is 9.93. The maximum atomic E-state index is 5.94. The van der Waals surface area contributed by atoms with Gasteiger partial charge in [-0.25, -0.2) is 0 Å². The molecule has 3 heteroatoms. The Morgan fingerprint density at radius 3 is 2.47 bits per heavy atom. The summed E-state index contributed by atoms with van der Waals surface area (Å²) in [6, 6.07) is 4.13. The molecule has 0 fully saturated rings. The first-order chi connectivity index (χ1) is 6.93. The zero-order chi connectivity index (χ0) is 11.5. The molecule has 0 saturated heterocycles. The van der Waals surface area contributed by atoms with Gasteiger partial charge in [-0.3, -0.25) is 0 Å². The van der Waals surface area contributed by atoms with Crippen molar-refractivity contribution in [2.75, 3.05) is 13.6 Å². The van der Waals surface area contributed by atoms with Crippen LogP contribution in [0.5, 0.6) is 0 Å². The Morgan fingerprint density at radius 2 is 2.07 bits per heavy atom. The van der Waals surface area contributed by atoms with Crippen molar-refractivity contribution in [2.45, 2.75) is 27.2 Å². The van der Waals surface area contributed by atoms with Crippen LogP contribution in [0.2, 0.25) is 4.34 Å². The molecule has 1 heterocycles. The lowest BCUT2D eigenvalue weighted by molar-refractivity contribution is 0.236. The van der Waals surface area contributed by atoms with E-state index in [4.69, 9.17) is 11.6 Å². The van der Waals surface area contributed by atoms with Gasteiger partial charge in [-0.2, -0.15) is 0 Å². The minimum absolute atomic E-state index is 0.333. The molecule has 0 amide bonds. The summed E-state index contributed by atoms with van der Waals surface area (Å²) < 4.78 is 0.891. The van der Waals surface area contributed by atoms with E-state index in [9.17, 15) is 0 Å². The molecule has 1 N–H and O–H groups in total. The molecule has 0 bridgehead atoms. The molecule has 0 spiro atoms. The first kappa shape index (κ1) is 13.0. The quantitative estimate of drug-likeness (QED) is 0.850. The molecular formula is C12H20ClNS. The van der Waals surface area contributed by atoms with E-state index in [-0.39, 0.29) is 0 Å². The van der Waals surface area contributed by atoms with Gasteiger partial charge in [-0.1, -0.05) is 32.4 Å². The lowest BCUT2D eigenvalue weighted by Gasteiger charge is -2.30. The van der Waals surface area contributed by atoms with Gasteiger partial charge in [-0.05, 0) is 43.5 Å². The van der Waals surface area contributed by atoms with Gasteiger partial charge >= 0.3 is 0 Å². The molecule has 15 heavy (non-hydrogen) atoms. The summed E-state index contributed by atoms with van der Waals surface area (Å²) in [7, 11) is 2.01. The molecule has 86 valence electrons. The maximum Gasteiger partial charge on any atom is 0.0931 e. The summed E-state index contributed by atoms with van der Waals surface area (Å²) >= 11 is 7.63. The smallest absolute Gasteiger partial charge is 0.0931 e. The van der Waals surface area contributed by atoms with Crippen LogP contribution >= 0.6 is 22.9 Å². The van der Waals surface area contributed by atoms with E-state index in [0.717, 1.165) is 17.3 Å². The minimum Gasteiger partial charge on any atom is -0.319 e. The molecule has 1 aromatic heterocycles. The molecule has 0 saturated carbocycles. The Balaban J connectivity index is 2.66. The van der Waals surface area contributed by atoms with Crippen molar-refractivity contribution in [1.29, 1.82) is 0 Å². The number of thiophene rings is 1. The van der Waals surface area contributed by atoms with E-state index in [0.29, 0.717) is 11.3 Å². The van der Waals surface area contributed by atoms with E-state index >= 15 is 0 Å². The predicted molar refractivity (Wildman–Crippen MR) is 69.9 cm³/mol. The predicted octanol–water partition coefficient (Wildman–Crippen LogP) is 3.83. The normalized spacial score (nSPS) is 14.2. The summed E-state index contributed by atoms with van der Waals surface area (Å²) in [6.07, 6.45) is 1.11. The van der Waals surface area contributed by atoms with Gasteiger partial charge in [0.1, 0.15) is 0 Å². The second-order valence-electron chi connectivity index (χ2n) is 5.03. The highest BCUT2D eigenvalue weighted by molar-refractivity contribution is 7.16. The summed E-state index contributed by atoms with van der Waals surface area (Å²) in [4.78, 5) is 1.38. The van der Waals surface area contributed by atoms with Gasteiger partial charge in [0.2, 0.25) is 0 Å². The maximum absolute atomic E-state index is 5.94. The molecule has 1 atom stereocenters. The van der Waals surface area contributed by atoms with Gasteiger partial charge in [0.25, 0.3) is 0 Å². The first-order valence-electron chi connectivity index (χ1n) is 5.32. The Hall–Kier alpha value is -0.0500. The highest BCUT2D eigenvalue weighted by Crippen LogP contribution is 2.31. The third-order valence-electron chi connectivity index (χ3n) is 2.75. The molecule has 0 aliphatic rings. The number of hydrogen-bond acceptors (Lipinski definition) is 2. The van der Waals surface area contributed by atoms with Crippen LogP contribution < -0.4 is 5.32 Å². The lowest BCUT2D eigenvalue weighted by atomic mass is 9.78. The Bertz CT molecular complexity index is 301. The van der Waals surface area contributed by atoms with E-state index in [1.807, 2.05) is 13.1 Å². The van der Waals surface area contributed by atoms with Crippen LogP contribution in [-0.4, -0.2) is 13.6 Å². The molecule has 0 aliphatic heterocycles. The van der Waals surface area contributed by atoms with Crippen molar-refractivity contribution in [2.24, 2.45) is 11.3 Å². The fraction of sp³-hybridized carbons (Fsp3) is 0.667. The molecule has 0 radical (unpaired) electrons. The summed E-state index contributed by atoms with van der Waals surface area (Å²) in [6.45, 7) is 7.94. The standard InChI is InChI=1S/C12H20ClNS/c1-12(2,3)9(8-14-4)7-10-5-6-11(13)15-10/h5-6,9,14H,7-8H2,1-4H3. The molecule has 1 unspecified atom stereocenters. The molecule has 1 aromatic rings. The Kier molecular flexibility index (Phi) is 4.63. The van der Waals surface area contributed by atoms with Crippen molar-refractivity contribution in [1.82, 2.24) is 5.32 Å². The third-order valence-corrected chi connectivity index (χ3v) is 4.01. The number of rotatable bonds is 4. The first-order valence-corrected chi connectivity index (χ1v) is 6.51. The fourth-order valence-corrected chi connectivity index (χ4v) is 2.80. The van der Waals surface area contributed by atoms with Gasteiger partial charge in [0.15, 0.2) is 0 Å². The zero-order valence-corrected chi connectivity index (χ0v) is 11.5. The second kappa shape index (κ2) is 5.33. The van der Waals surface area contributed by atoms with Crippen LogP contribution in [0.1, 0.15) is 25.6 Å². The monoisotopic (exact) mass is 245 g/mol. The van der Waals surface area contributed by atoms with Crippen molar-refractivity contribution in [3.05, 3.63) is 21.3 Å². The van der Waals surface area contributed by atoms with Crippen LogP contribution in [0.3, 0.4) is 0 Å². The van der Waals surface area contributed by atoms with Gasteiger partial charge in [0, 0.05) is 4.88 Å². The Morgan fingerprint density at radius 1 is 1.40 bits per heavy atom. The van der Waals surface area contributed by atoms with E-state index in [2.05, 4.69) is 32.2 Å². The fourth-order valence-electron chi connectivity index (χ4n) is 1.64. The van der Waals surface area contributed by atoms with Crippen molar-refractivity contribution >= 4 is 22.9 Å². The highest BCUT2D eigenvalue weighted by atomic mass is 35.5. The topological polar surface area (TPSA) is 12.0 Å². The SMILES string of the molecule is CNCC(Cc1ccc(Cl)s1)C(C)(C)C. The number of nitrogens with one attached hydrogen (secondary N) is 1. The average Bonchev–Trinajstić information content (AvgIpc) is 2.49. The third kappa shape index (κ3) is 4.13. The second-order valence-corrected chi connectivity index (χ2v) is 6.83. The highest BCUT2D eigenvalue weighted by Gasteiger charge is 2.24. The van der Waals surface area contributed by atoms with Crippen LogP contribution in [0, 0.1) is 11.3 Å². The van der Waals surface area contributed by atoms with Crippen molar-refractivity contribution < 1.29 is 0 Å². The van der Waals surface area contributed by atoms with Crippen LogP contribution in [0.4, 0.5) is 0 Å². The van der Waals surface area contributed by atoms with Gasteiger partial charge in [-0.15, -0.1) is 11.3 Å². The van der Waals surface area contributed by atoms with Crippen LogP contribution in [0.25, 0.3) is 0 Å². The van der Waals surface area contributed by atoms with Crippen LogP contribution in [0.15, 0.2) is 12.1 Å². The summed E-state index contributed by atoms with van der Waals surface area (Å²) in [5.74, 6) is 0.650. The van der Waals surface area contributed by atoms with Gasteiger partial charge in [0.05, 0.1) is 4.34 Å². The Labute approximate surface area is 102 Å². The van der Waals surface area contributed by atoms with Crippen molar-refractivity contribution in [3.63, 3.8) is 0 Å². The molecule has 1 nitrogen and oxygen atoms in total. The largest absolute Gasteiger partial charge is 0.319 e. The number of hydrogen-bond donors (Lipinski definition) is 1. The van der Waals surface area contributed by atoms with Crippen LogP contribution in [-0.2, 0) is 6.42 Å². The van der Waals surface area contributed by atoms with E-state index < -0.39 is 0 Å².